The number of carbonyl (C=O) groups excluding carboxylic acids is 1. The number of sulfone groups is 1. The molecule has 1 aliphatic rings. The van der Waals surface area contributed by atoms with Gasteiger partial charge < -0.3 is 19.5 Å². The number of nitrogens with zero attached hydrogens (tertiary/aromatic N) is 2. The van der Waals surface area contributed by atoms with Crippen LogP contribution in [0.3, 0.4) is 0 Å². The second kappa shape index (κ2) is 8.12. The molecule has 0 unspecified atom stereocenters. The zero-order valence-electron chi connectivity index (χ0n) is 17.1. The van der Waals surface area contributed by atoms with Gasteiger partial charge in [0.25, 0.3) is 5.91 Å². The lowest BCUT2D eigenvalue weighted by atomic mass is 10.1. The average Bonchev–Trinajstić information content (AvgIpc) is 3.06. The van der Waals surface area contributed by atoms with Gasteiger partial charge >= 0.3 is 0 Å². The standard InChI is InChI=1S/C22H25N3O4S/c1-24-11-13-25(14-12-24)19-9-5-4-8-18(19)23-22(26)21-17(15-30(2,27)28)16-7-3-6-10-20(16)29-21/h3-10H,11-15H2,1-2H3,(H,23,26). The van der Waals surface area contributed by atoms with Crippen LogP contribution in [0, 0.1) is 0 Å². The summed E-state index contributed by atoms with van der Waals surface area (Å²) in [6, 6.07) is 14.7. The molecule has 7 nitrogen and oxygen atoms in total. The van der Waals surface area contributed by atoms with Gasteiger partial charge in [0.1, 0.15) is 5.58 Å². The van der Waals surface area contributed by atoms with Crippen molar-refractivity contribution in [2.24, 2.45) is 0 Å². The van der Waals surface area contributed by atoms with Crippen LogP contribution in [0.2, 0.25) is 0 Å². The number of amides is 1. The second-order valence-electron chi connectivity index (χ2n) is 7.74. The quantitative estimate of drug-likeness (QED) is 0.674. The molecule has 0 saturated carbocycles. The highest BCUT2D eigenvalue weighted by atomic mass is 32.2. The molecule has 1 aromatic heterocycles. The largest absolute Gasteiger partial charge is 0.451 e. The predicted octanol–water partition coefficient (Wildman–Crippen LogP) is 2.98. The zero-order chi connectivity index (χ0) is 21.3. The second-order valence-corrected chi connectivity index (χ2v) is 9.88. The van der Waals surface area contributed by atoms with E-state index in [1.165, 1.54) is 0 Å². The minimum Gasteiger partial charge on any atom is -0.451 e. The molecule has 8 heteroatoms. The van der Waals surface area contributed by atoms with Gasteiger partial charge in [-0.15, -0.1) is 0 Å². The molecule has 1 amide bonds. The van der Waals surface area contributed by atoms with Crippen LogP contribution in [0.4, 0.5) is 11.4 Å². The molecule has 158 valence electrons. The van der Waals surface area contributed by atoms with E-state index in [4.69, 9.17) is 4.42 Å². The Morgan fingerprint density at radius 2 is 1.70 bits per heavy atom. The lowest BCUT2D eigenvalue weighted by Crippen LogP contribution is -2.44. The lowest BCUT2D eigenvalue weighted by molar-refractivity contribution is 0.0998. The van der Waals surface area contributed by atoms with Crippen LogP contribution in [-0.2, 0) is 15.6 Å². The van der Waals surface area contributed by atoms with E-state index in [0.29, 0.717) is 22.2 Å². The summed E-state index contributed by atoms with van der Waals surface area (Å²) in [5.41, 5.74) is 2.51. The maximum Gasteiger partial charge on any atom is 0.291 e. The maximum absolute atomic E-state index is 13.2. The van der Waals surface area contributed by atoms with Crippen LogP contribution >= 0.6 is 0 Å². The number of likely N-dealkylation sites (N-methyl/N-ethyl adjacent to an activating group) is 1. The Kier molecular flexibility index (Phi) is 5.53. The highest BCUT2D eigenvalue weighted by molar-refractivity contribution is 7.89. The fourth-order valence-electron chi connectivity index (χ4n) is 3.77. The summed E-state index contributed by atoms with van der Waals surface area (Å²) in [6.45, 7) is 3.63. The number of benzene rings is 2. The Morgan fingerprint density at radius 1 is 1.03 bits per heavy atom. The molecule has 3 aromatic rings. The van der Waals surface area contributed by atoms with Crippen LogP contribution in [0.25, 0.3) is 11.0 Å². The minimum absolute atomic E-state index is 0.0369. The number of para-hydroxylation sites is 3. The molecule has 30 heavy (non-hydrogen) atoms. The van der Waals surface area contributed by atoms with Crippen molar-refractivity contribution in [1.29, 1.82) is 0 Å². The Labute approximate surface area is 176 Å². The summed E-state index contributed by atoms with van der Waals surface area (Å²) in [4.78, 5) is 17.7. The van der Waals surface area contributed by atoms with Crippen molar-refractivity contribution in [1.82, 2.24) is 4.90 Å². The number of fused-ring (bicyclic) bond motifs is 1. The molecule has 1 fully saturated rings. The summed E-state index contributed by atoms with van der Waals surface area (Å²) in [5.74, 6) is -0.673. The van der Waals surface area contributed by atoms with Crippen molar-refractivity contribution >= 4 is 38.1 Å². The van der Waals surface area contributed by atoms with E-state index in [0.717, 1.165) is 38.1 Å². The fourth-order valence-corrected chi connectivity index (χ4v) is 4.58. The number of hydrogen-bond donors (Lipinski definition) is 1. The Morgan fingerprint density at radius 3 is 2.43 bits per heavy atom. The van der Waals surface area contributed by atoms with Crippen LogP contribution in [-0.4, -0.2) is 58.7 Å². The molecule has 1 saturated heterocycles. The van der Waals surface area contributed by atoms with E-state index in [-0.39, 0.29) is 11.5 Å². The third kappa shape index (κ3) is 4.34. The van der Waals surface area contributed by atoms with Gasteiger partial charge in [-0.1, -0.05) is 30.3 Å². The van der Waals surface area contributed by atoms with Gasteiger partial charge in [0.15, 0.2) is 15.6 Å². The molecule has 2 aromatic carbocycles. The van der Waals surface area contributed by atoms with Crippen molar-refractivity contribution in [3.63, 3.8) is 0 Å². The predicted molar refractivity (Wildman–Crippen MR) is 119 cm³/mol. The maximum atomic E-state index is 13.2. The van der Waals surface area contributed by atoms with E-state index >= 15 is 0 Å². The van der Waals surface area contributed by atoms with E-state index in [2.05, 4.69) is 22.2 Å². The topological polar surface area (TPSA) is 82.9 Å². The van der Waals surface area contributed by atoms with Crippen molar-refractivity contribution < 1.29 is 17.6 Å². The van der Waals surface area contributed by atoms with Gasteiger partial charge in [-0.25, -0.2) is 8.42 Å². The molecule has 1 N–H and O–H groups in total. The summed E-state index contributed by atoms with van der Waals surface area (Å²) in [6.07, 6.45) is 1.15. The zero-order valence-corrected chi connectivity index (χ0v) is 17.9. The Balaban J connectivity index is 1.67. The highest BCUT2D eigenvalue weighted by Crippen LogP contribution is 2.31. The van der Waals surface area contributed by atoms with Crippen LogP contribution in [0.1, 0.15) is 16.1 Å². The summed E-state index contributed by atoms with van der Waals surface area (Å²) >= 11 is 0. The van der Waals surface area contributed by atoms with Crippen molar-refractivity contribution in [3.05, 3.63) is 59.9 Å². The van der Waals surface area contributed by atoms with E-state index in [9.17, 15) is 13.2 Å². The highest BCUT2D eigenvalue weighted by Gasteiger charge is 2.25. The molecule has 0 aliphatic carbocycles. The lowest BCUT2D eigenvalue weighted by Gasteiger charge is -2.35. The summed E-state index contributed by atoms with van der Waals surface area (Å²) < 4.78 is 29.7. The van der Waals surface area contributed by atoms with Gasteiger partial charge in [0.05, 0.1) is 17.1 Å². The van der Waals surface area contributed by atoms with Gasteiger partial charge in [-0.2, -0.15) is 0 Å². The first-order chi connectivity index (χ1) is 14.3. The summed E-state index contributed by atoms with van der Waals surface area (Å²) in [5, 5.41) is 3.58. The molecule has 0 spiro atoms. The van der Waals surface area contributed by atoms with Gasteiger partial charge in [0.2, 0.25) is 0 Å². The number of nitrogens with one attached hydrogen (secondary N) is 1. The molecule has 1 aliphatic heterocycles. The first-order valence-electron chi connectivity index (χ1n) is 9.84. The minimum atomic E-state index is -3.35. The third-order valence-electron chi connectivity index (χ3n) is 5.31. The number of furan rings is 1. The molecule has 0 atom stereocenters. The monoisotopic (exact) mass is 427 g/mol. The number of rotatable bonds is 5. The molecule has 0 radical (unpaired) electrons. The molecule has 0 bridgehead atoms. The summed E-state index contributed by atoms with van der Waals surface area (Å²) in [7, 11) is -1.26. The van der Waals surface area contributed by atoms with E-state index in [1.807, 2.05) is 24.3 Å². The number of piperazine rings is 1. The normalized spacial score (nSPS) is 15.5. The van der Waals surface area contributed by atoms with Crippen LogP contribution in [0.15, 0.2) is 52.9 Å². The van der Waals surface area contributed by atoms with Crippen molar-refractivity contribution in [3.8, 4) is 0 Å². The average molecular weight is 428 g/mol. The van der Waals surface area contributed by atoms with E-state index < -0.39 is 15.7 Å². The van der Waals surface area contributed by atoms with Gasteiger partial charge in [0, 0.05) is 43.4 Å². The number of carbonyl (C=O) groups is 1. The number of hydrogen-bond acceptors (Lipinski definition) is 6. The first kappa shape index (κ1) is 20.4. The van der Waals surface area contributed by atoms with Gasteiger partial charge in [-0.05, 0) is 25.2 Å². The first-order valence-corrected chi connectivity index (χ1v) is 11.9. The Hall–Kier alpha value is -2.84. The fraction of sp³-hybridized carbons (Fsp3) is 0.318. The van der Waals surface area contributed by atoms with Crippen LogP contribution in [0.5, 0.6) is 0 Å². The molecular weight excluding hydrogens is 402 g/mol. The third-order valence-corrected chi connectivity index (χ3v) is 6.12. The molecule has 4 rings (SSSR count). The Bertz CT molecular complexity index is 1180. The van der Waals surface area contributed by atoms with Gasteiger partial charge in [-0.3, -0.25) is 4.79 Å². The van der Waals surface area contributed by atoms with Crippen molar-refractivity contribution in [2.45, 2.75) is 5.75 Å². The van der Waals surface area contributed by atoms with Crippen molar-refractivity contribution in [2.75, 3.05) is 49.7 Å². The molecule has 2 heterocycles. The van der Waals surface area contributed by atoms with Crippen LogP contribution < -0.4 is 10.2 Å². The molecular formula is C22H25N3O4S. The number of anilines is 2. The SMILES string of the molecule is CN1CCN(c2ccccc2NC(=O)c2oc3ccccc3c2CS(C)(=O)=O)CC1. The van der Waals surface area contributed by atoms with E-state index in [1.54, 1.807) is 24.3 Å². The smallest absolute Gasteiger partial charge is 0.291 e.